The van der Waals surface area contributed by atoms with Crippen LogP contribution in [0.5, 0.6) is 0 Å². The summed E-state index contributed by atoms with van der Waals surface area (Å²) >= 11 is 3.24. The molecule has 0 saturated heterocycles. The fourth-order valence-corrected chi connectivity index (χ4v) is 4.44. The minimum Gasteiger partial charge on any atom is -0.368 e. The first-order valence-corrected chi connectivity index (χ1v) is 11.4. The molecule has 0 aliphatic carbocycles. The lowest BCUT2D eigenvalue weighted by molar-refractivity contribution is 0.750. The molecule has 10 heteroatoms. The van der Waals surface area contributed by atoms with Crippen LogP contribution in [0.3, 0.4) is 0 Å². The molecule has 0 amide bonds. The molecular weight excluding hydrogens is 416 g/mol. The number of aromatic nitrogens is 6. The van der Waals surface area contributed by atoms with E-state index in [9.17, 15) is 0 Å². The second-order valence-corrected chi connectivity index (χ2v) is 8.55. The maximum Gasteiger partial charge on any atom is 0.232 e. The molecule has 8 nitrogen and oxygen atoms in total. The molecule has 1 aromatic carbocycles. The third-order valence-electron chi connectivity index (χ3n) is 4.51. The van der Waals surface area contributed by atoms with Crippen LogP contribution in [0.2, 0.25) is 0 Å². The Morgan fingerprint density at radius 1 is 1.10 bits per heavy atom. The number of anilines is 3. The largest absolute Gasteiger partial charge is 0.368 e. The first kappa shape index (κ1) is 20.3. The zero-order valence-electron chi connectivity index (χ0n) is 16.7. The molecule has 0 aliphatic heterocycles. The van der Waals surface area contributed by atoms with E-state index in [1.54, 1.807) is 11.3 Å². The highest BCUT2D eigenvalue weighted by atomic mass is 32.2. The van der Waals surface area contributed by atoms with Crippen molar-refractivity contribution in [3.8, 4) is 0 Å². The van der Waals surface area contributed by atoms with E-state index in [1.807, 2.05) is 35.9 Å². The lowest BCUT2D eigenvalue weighted by Crippen LogP contribution is -2.07. The molecule has 0 unspecified atom stereocenters. The first-order chi connectivity index (χ1) is 14.6. The van der Waals surface area contributed by atoms with Gasteiger partial charge >= 0.3 is 0 Å². The van der Waals surface area contributed by atoms with Gasteiger partial charge in [0, 0.05) is 24.0 Å². The van der Waals surface area contributed by atoms with Crippen LogP contribution in [0.25, 0.3) is 0 Å². The van der Waals surface area contributed by atoms with Crippen molar-refractivity contribution < 1.29 is 0 Å². The number of thioether (sulfide) groups is 1. The summed E-state index contributed by atoms with van der Waals surface area (Å²) < 4.78 is 2.01. The van der Waals surface area contributed by atoms with Crippen LogP contribution in [0.4, 0.5) is 17.6 Å². The number of nitrogen functional groups attached to an aromatic ring is 1. The average Bonchev–Trinajstić information content (AvgIpc) is 3.37. The van der Waals surface area contributed by atoms with Crippen molar-refractivity contribution in [1.29, 1.82) is 0 Å². The Kier molecular flexibility index (Phi) is 6.24. The number of hydrogen-bond acceptors (Lipinski definition) is 9. The van der Waals surface area contributed by atoms with Crippen LogP contribution < -0.4 is 11.1 Å². The quantitative estimate of drug-likeness (QED) is 0.400. The summed E-state index contributed by atoms with van der Waals surface area (Å²) in [5, 5.41) is 14.8. The molecule has 0 atom stereocenters. The van der Waals surface area contributed by atoms with E-state index in [0.717, 1.165) is 29.5 Å². The zero-order valence-corrected chi connectivity index (χ0v) is 18.4. The van der Waals surface area contributed by atoms with E-state index in [1.165, 1.54) is 22.2 Å². The topological polar surface area (TPSA) is 107 Å². The second-order valence-electron chi connectivity index (χ2n) is 6.57. The molecule has 4 aromatic rings. The van der Waals surface area contributed by atoms with Crippen molar-refractivity contribution >= 4 is 40.7 Å². The summed E-state index contributed by atoms with van der Waals surface area (Å²) in [6.45, 7) is 2.11. The normalized spacial score (nSPS) is 11.0. The summed E-state index contributed by atoms with van der Waals surface area (Å²) in [5.41, 5.74) is 8.07. The molecule has 3 heterocycles. The molecule has 0 bridgehead atoms. The van der Waals surface area contributed by atoms with Gasteiger partial charge in [0.1, 0.15) is 11.6 Å². The molecule has 0 radical (unpaired) electrons. The van der Waals surface area contributed by atoms with E-state index < -0.39 is 0 Å². The average molecular weight is 439 g/mol. The number of hydrogen-bond donors (Lipinski definition) is 2. The number of nitrogens with two attached hydrogens (primary N) is 1. The molecule has 3 aromatic heterocycles. The zero-order chi connectivity index (χ0) is 20.9. The van der Waals surface area contributed by atoms with Crippen LogP contribution in [0, 0.1) is 0 Å². The minimum atomic E-state index is 0.188. The summed E-state index contributed by atoms with van der Waals surface area (Å²) in [4.78, 5) is 14.3. The van der Waals surface area contributed by atoms with E-state index in [4.69, 9.17) is 5.73 Å². The van der Waals surface area contributed by atoms with Crippen molar-refractivity contribution in [1.82, 2.24) is 29.7 Å². The van der Waals surface area contributed by atoms with Gasteiger partial charge in [0.25, 0.3) is 0 Å². The Hall–Kier alpha value is -2.98. The predicted octanol–water partition coefficient (Wildman–Crippen LogP) is 3.83. The SMILES string of the molecule is CCc1ccccc1Nc1nc(N)nc(CSc2nnc(Cc3cccs3)n2C)n1. The van der Waals surface area contributed by atoms with Gasteiger partial charge in [0.05, 0.1) is 5.75 Å². The van der Waals surface area contributed by atoms with Gasteiger partial charge < -0.3 is 15.6 Å². The second kappa shape index (κ2) is 9.23. The van der Waals surface area contributed by atoms with Crippen LogP contribution in [0.1, 0.15) is 29.0 Å². The molecule has 154 valence electrons. The van der Waals surface area contributed by atoms with Crippen molar-refractivity contribution in [3.63, 3.8) is 0 Å². The van der Waals surface area contributed by atoms with Crippen molar-refractivity contribution in [2.45, 2.75) is 30.7 Å². The lowest BCUT2D eigenvalue weighted by Gasteiger charge is -2.10. The van der Waals surface area contributed by atoms with Crippen LogP contribution in [-0.4, -0.2) is 29.7 Å². The van der Waals surface area contributed by atoms with Gasteiger partial charge in [0.15, 0.2) is 5.16 Å². The Morgan fingerprint density at radius 2 is 1.97 bits per heavy atom. The lowest BCUT2D eigenvalue weighted by atomic mass is 10.1. The number of rotatable bonds is 8. The summed E-state index contributed by atoms with van der Waals surface area (Å²) in [6, 6.07) is 12.2. The third-order valence-corrected chi connectivity index (χ3v) is 6.40. The standard InChI is InChI=1S/C20H22N8S2/c1-3-13-7-4-5-9-15(13)22-19-24-16(23-18(21)25-19)12-30-20-27-26-17(28(20)2)11-14-8-6-10-29-14/h4-10H,3,11-12H2,1-2H3,(H3,21,22,23,24,25). The number of nitrogens with one attached hydrogen (secondary N) is 1. The summed E-state index contributed by atoms with van der Waals surface area (Å²) in [7, 11) is 1.97. The monoisotopic (exact) mass is 438 g/mol. The summed E-state index contributed by atoms with van der Waals surface area (Å²) in [5.74, 6) is 2.66. The van der Waals surface area contributed by atoms with E-state index in [-0.39, 0.29) is 5.95 Å². The molecule has 0 fully saturated rings. The molecular formula is C20H22N8S2. The smallest absolute Gasteiger partial charge is 0.232 e. The van der Waals surface area contributed by atoms with Crippen molar-refractivity contribution in [2.75, 3.05) is 11.1 Å². The highest BCUT2D eigenvalue weighted by molar-refractivity contribution is 7.98. The number of para-hydroxylation sites is 1. The van der Waals surface area contributed by atoms with Crippen LogP contribution >= 0.6 is 23.1 Å². The Labute approximate surface area is 183 Å². The molecule has 3 N–H and O–H groups in total. The number of nitrogens with zero attached hydrogens (tertiary/aromatic N) is 6. The minimum absolute atomic E-state index is 0.188. The highest BCUT2D eigenvalue weighted by Gasteiger charge is 2.13. The maximum atomic E-state index is 5.92. The predicted molar refractivity (Wildman–Crippen MR) is 121 cm³/mol. The van der Waals surface area contributed by atoms with Crippen molar-refractivity contribution in [2.24, 2.45) is 7.05 Å². The fourth-order valence-electron chi connectivity index (χ4n) is 2.95. The van der Waals surface area contributed by atoms with Gasteiger partial charge in [-0.1, -0.05) is 43.0 Å². The van der Waals surface area contributed by atoms with Gasteiger partial charge in [-0.3, -0.25) is 0 Å². The fraction of sp³-hybridized carbons (Fsp3) is 0.250. The van der Waals surface area contributed by atoms with E-state index >= 15 is 0 Å². The first-order valence-electron chi connectivity index (χ1n) is 9.51. The van der Waals surface area contributed by atoms with E-state index in [2.05, 4.69) is 54.9 Å². The highest BCUT2D eigenvalue weighted by Crippen LogP contribution is 2.23. The molecule has 4 rings (SSSR count). The van der Waals surface area contributed by atoms with Crippen LogP contribution in [0.15, 0.2) is 46.9 Å². The number of thiophene rings is 1. The Bertz CT molecular complexity index is 1120. The Balaban J connectivity index is 1.46. The summed E-state index contributed by atoms with van der Waals surface area (Å²) in [6.07, 6.45) is 1.68. The Morgan fingerprint density at radius 3 is 2.77 bits per heavy atom. The molecule has 0 spiro atoms. The van der Waals surface area contributed by atoms with Gasteiger partial charge in [-0.2, -0.15) is 15.0 Å². The van der Waals surface area contributed by atoms with Gasteiger partial charge in [-0.05, 0) is 29.5 Å². The van der Waals surface area contributed by atoms with Gasteiger partial charge in [-0.15, -0.1) is 21.5 Å². The van der Waals surface area contributed by atoms with Gasteiger partial charge in [-0.25, -0.2) is 0 Å². The third kappa shape index (κ3) is 4.77. The number of benzene rings is 1. The number of aryl methyl sites for hydroxylation is 1. The molecule has 0 aliphatic rings. The molecule has 30 heavy (non-hydrogen) atoms. The molecule has 0 saturated carbocycles. The maximum absolute atomic E-state index is 5.92. The van der Waals surface area contributed by atoms with Crippen LogP contribution in [-0.2, 0) is 25.6 Å². The van der Waals surface area contributed by atoms with E-state index in [0.29, 0.717) is 17.5 Å². The van der Waals surface area contributed by atoms with Gasteiger partial charge in [0.2, 0.25) is 11.9 Å². The van der Waals surface area contributed by atoms with Crippen molar-refractivity contribution in [3.05, 3.63) is 63.9 Å².